The molecule has 73 valence electrons. The highest BCUT2D eigenvalue weighted by Gasteiger charge is 2.36. The van der Waals surface area contributed by atoms with Crippen LogP contribution in [0.4, 0.5) is 0 Å². The molecule has 0 aliphatic heterocycles. The average Bonchev–Trinajstić information content (AvgIpc) is 2.14. The molecule has 0 aliphatic carbocycles. The normalized spacial score (nSPS) is 12.0. The summed E-state index contributed by atoms with van der Waals surface area (Å²) in [5.74, 6) is 0. The van der Waals surface area contributed by atoms with Gasteiger partial charge in [0.1, 0.15) is 0 Å². The molecule has 0 rings (SSSR count). The number of hydrogen-bond acceptors (Lipinski definition) is 3. The first kappa shape index (κ1) is 12.1. The van der Waals surface area contributed by atoms with Crippen molar-refractivity contribution in [3.63, 3.8) is 0 Å². The molecule has 0 saturated carbocycles. The molecular formula is C8H19O3Si. The Morgan fingerprint density at radius 2 is 1.50 bits per heavy atom. The summed E-state index contributed by atoms with van der Waals surface area (Å²) < 4.78 is 15.8. The van der Waals surface area contributed by atoms with E-state index in [0.29, 0.717) is 0 Å². The van der Waals surface area contributed by atoms with Crippen LogP contribution in [0.25, 0.3) is 0 Å². The van der Waals surface area contributed by atoms with Gasteiger partial charge in [-0.2, -0.15) is 0 Å². The highest BCUT2D eigenvalue weighted by atomic mass is 28.4. The van der Waals surface area contributed by atoms with Crippen LogP contribution < -0.4 is 0 Å². The molecule has 1 radical (unpaired) electrons. The zero-order chi connectivity index (χ0) is 9.45. The summed E-state index contributed by atoms with van der Waals surface area (Å²) in [4.78, 5) is 0. The van der Waals surface area contributed by atoms with Crippen molar-refractivity contribution >= 4 is 8.80 Å². The van der Waals surface area contributed by atoms with E-state index in [1.165, 1.54) is 0 Å². The van der Waals surface area contributed by atoms with Gasteiger partial charge < -0.3 is 13.3 Å². The molecule has 0 atom stereocenters. The van der Waals surface area contributed by atoms with Crippen molar-refractivity contribution in [2.75, 3.05) is 21.3 Å². The molecule has 0 heterocycles. The van der Waals surface area contributed by atoms with Crippen molar-refractivity contribution in [3.8, 4) is 0 Å². The van der Waals surface area contributed by atoms with Gasteiger partial charge in [-0.1, -0.05) is 19.8 Å². The first-order valence-electron chi connectivity index (χ1n) is 4.19. The molecule has 0 N–H and O–H groups in total. The van der Waals surface area contributed by atoms with Crippen LogP contribution >= 0.6 is 0 Å². The van der Waals surface area contributed by atoms with E-state index in [1.807, 2.05) is 0 Å². The van der Waals surface area contributed by atoms with Gasteiger partial charge in [0.15, 0.2) is 0 Å². The Bertz CT molecular complexity index is 96.2. The number of rotatable bonds is 7. The minimum atomic E-state index is -2.28. The van der Waals surface area contributed by atoms with E-state index in [9.17, 15) is 0 Å². The van der Waals surface area contributed by atoms with Gasteiger partial charge in [0.05, 0.1) is 0 Å². The van der Waals surface area contributed by atoms with Gasteiger partial charge in [0.2, 0.25) is 0 Å². The third-order valence-electron chi connectivity index (χ3n) is 1.92. The predicted molar refractivity (Wildman–Crippen MR) is 50.8 cm³/mol. The fourth-order valence-electron chi connectivity index (χ4n) is 1.07. The molecule has 0 bridgehead atoms. The third-order valence-corrected chi connectivity index (χ3v) is 4.75. The SMILES string of the molecule is [CH2]CCCC[Si](OC)(OC)OC. The maximum atomic E-state index is 5.26. The van der Waals surface area contributed by atoms with Crippen LogP contribution in [0.5, 0.6) is 0 Å². The molecule has 3 nitrogen and oxygen atoms in total. The molecule has 0 aromatic heterocycles. The number of unbranched alkanes of at least 4 members (excludes halogenated alkanes) is 2. The topological polar surface area (TPSA) is 27.7 Å². The van der Waals surface area contributed by atoms with Gasteiger partial charge in [-0.3, -0.25) is 0 Å². The first-order valence-corrected chi connectivity index (χ1v) is 6.12. The molecule has 0 spiro atoms. The summed E-state index contributed by atoms with van der Waals surface area (Å²) in [5, 5.41) is 0. The Hall–Kier alpha value is 0.0969. The summed E-state index contributed by atoms with van der Waals surface area (Å²) >= 11 is 0. The predicted octanol–water partition coefficient (Wildman–Crippen LogP) is 1.87. The number of hydrogen-bond donors (Lipinski definition) is 0. The molecule has 12 heavy (non-hydrogen) atoms. The summed E-state index contributed by atoms with van der Waals surface area (Å²) in [6.45, 7) is 3.78. The summed E-state index contributed by atoms with van der Waals surface area (Å²) in [7, 11) is 2.64. The maximum absolute atomic E-state index is 5.26. The Morgan fingerprint density at radius 1 is 1.00 bits per heavy atom. The Labute approximate surface area is 76.4 Å². The van der Waals surface area contributed by atoms with E-state index < -0.39 is 8.80 Å². The van der Waals surface area contributed by atoms with Crippen molar-refractivity contribution in [3.05, 3.63) is 6.92 Å². The molecule has 0 fully saturated rings. The second-order valence-electron chi connectivity index (χ2n) is 2.61. The second kappa shape index (κ2) is 6.60. The summed E-state index contributed by atoms with van der Waals surface area (Å²) in [6.07, 6.45) is 3.12. The molecule has 0 unspecified atom stereocenters. The van der Waals surface area contributed by atoms with Crippen LogP contribution in [0, 0.1) is 6.92 Å². The van der Waals surface area contributed by atoms with Crippen LogP contribution in [0.1, 0.15) is 19.3 Å². The first-order chi connectivity index (χ1) is 5.74. The Balaban J connectivity index is 3.76. The molecule has 0 amide bonds. The summed E-state index contributed by atoms with van der Waals surface area (Å²) in [5.41, 5.74) is 0. The van der Waals surface area contributed by atoms with Gasteiger partial charge >= 0.3 is 8.80 Å². The largest absolute Gasteiger partial charge is 0.500 e. The lowest BCUT2D eigenvalue weighted by Crippen LogP contribution is -2.42. The van der Waals surface area contributed by atoms with Crippen LogP contribution in [0.3, 0.4) is 0 Å². The highest BCUT2D eigenvalue weighted by Crippen LogP contribution is 2.16. The standard InChI is InChI=1S/C8H19O3Si/c1-5-6-7-8-12(9-2,10-3)11-4/h1,5-8H2,2-4H3. The van der Waals surface area contributed by atoms with Crippen LogP contribution in [0.2, 0.25) is 6.04 Å². The van der Waals surface area contributed by atoms with E-state index in [4.69, 9.17) is 13.3 Å². The van der Waals surface area contributed by atoms with E-state index in [-0.39, 0.29) is 0 Å². The Kier molecular flexibility index (Phi) is 6.65. The van der Waals surface area contributed by atoms with E-state index in [0.717, 1.165) is 25.3 Å². The minimum Gasteiger partial charge on any atom is -0.377 e. The molecular weight excluding hydrogens is 172 g/mol. The van der Waals surface area contributed by atoms with E-state index in [1.54, 1.807) is 21.3 Å². The summed E-state index contributed by atoms with van der Waals surface area (Å²) in [6, 6.07) is 0.881. The van der Waals surface area contributed by atoms with Gasteiger partial charge in [-0.25, -0.2) is 0 Å². The Morgan fingerprint density at radius 3 is 1.83 bits per heavy atom. The van der Waals surface area contributed by atoms with E-state index >= 15 is 0 Å². The smallest absolute Gasteiger partial charge is 0.377 e. The lowest BCUT2D eigenvalue weighted by atomic mass is 10.3. The van der Waals surface area contributed by atoms with Crippen molar-refractivity contribution in [1.29, 1.82) is 0 Å². The molecule has 0 saturated heterocycles. The zero-order valence-electron chi connectivity index (χ0n) is 8.26. The monoisotopic (exact) mass is 191 g/mol. The van der Waals surface area contributed by atoms with Crippen molar-refractivity contribution in [1.82, 2.24) is 0 Å². The van der Waals surface area contributed by atoms with Gasteiger partial charge in [0, 0.05) is 27.4 Å². The van der Waals surface area contributed by atoms with Crippen molar-refractivity contribution in [2.24, 2.45) is 0 Å². The fraction of sp³-hybridized carbons (Fsp3) is 0.875. The highest BCUT2D eigenvalue weighted by molar-refractivity contribution is 6.60. The van der Waals surface area contributed by atoms with Crippen molar-refractivity contribution < 1.29 is 13.3 Å². The van der Waals surface area contributed by atoms with Crippen molar-refractivity contribution in [2.45, 2.75) is 25.3 Å². The quantitative estimate of drug-likeness (QED) is 0.454. The second-order valence-corrected chi connectivity index (χ2v) is 5.70. The van der Waals surface area contributed by atoms with Crippen LogP contribution in [0.15, 0.2) is 0 Å². The minimum absolute atomic E-state index is 0.881. The van der Waals surface area contributed by atoms with Crippen LogP contribution in [-0.4, -0.2) is 30.1 Å². The van der Waals surface area contributed by atoms with Crippen LogP contribution in [-0.2, 0) is 13.3 Å². The fourth-order valence-corrected chi connectivity index (χ4v) is 2.87. The lowest BCUT2D eigenvalue weighted by Gasteiger charge is -2.23. The third kappa shape index (κ3) is 3.67. The molecule has 0 aromatic carbocycles. The van der Waals surface area contributed by atoms with Gasteiger partial charge in [-0.05, 0) is 6.42 Å². The van der Waals surface area contributed by atoms with E-state index in [2.05, 4.69) is 6.92 Å². The average molecular weight is 191 g/mol. The maximum Gasteiger partial charge on any atom is 0.500 e. The zero-order valence-corrected chi connectivity index (χ0v) is 9.26. The lowest BCUT2D eigenvalue weighted by molar-refractivity contribution is 0.123. The molecule has 0 aromatic rings. The molecule has 4 heteroatoms. The van der Waals surface area contributed by atoms with Gasteiger partial charge in [0.25, 0.3) is 0 Å². The van der Waals surface area contributed by atoms with Gasteiger partial charge in [-0.15, -0.1) is 0 Å². The molecule has 0 aliphatic rings.